The largest absolute Gasteiger partial charge is 0.205 e. The number of tetrazole rings is 1. The fourth-order valence-electron chi connectivity index (χ4n) is 1.02. The summed E-state index contributed by atoms with van der Waals surface area (Å²) in [7, 11) is 0. The van der Waals surface area contributed by atoms with Crippen LogP contribution in [0.5, 0.6) is 0 Å². The summed E-state index contributed by atoms with van der Waals surface area (Å²) in [5, 5.41) is 10.5. The molecule has 1 heterocycles. The van der Waals surface area contributed by atoms with Crippen molar-refractivity contribution in [3.8, 4) is 5.69 Å². The van der Waals surface area contributed by atoms with Crippen molar-refractivity contribution in [1.82, 2.24) is 20.2 Å². The summed E-state index contributed by atoms with van der Waals surface area (Å²) in [5.41, 5.74) is 0.303. The SMILES string of the molecule is [CH2]c1nnnn1-c1ccccc1F. The Bertz CT molecular complexity index is 424. The smallest absolute Gasteiger partial charge is 0.157 e. The molecule has 13 heavy (non-hydrogen) atoms. The van der Waals surface area contributed by atoms with Gasteiger partial charge in [0.05, 0.1) is 0 Å². The summed E-state index contributed by atoms with van der Waals surface area (Å²) in [6.07, 6.45) is 0. The molecule has 4 nitrogen and oxygen atoms in total. The molecule has 0 saturated carbocycles. The molecule has 1 aromatic carbocycles. The first-order valence-electron chi connectivity index (χ1n) is 3.64. The van der Waals surface area contributed by atoms with Crippen molar-refractivity contribution in [2.24, 2.45) is 0 Å². The Morgan fingerprint density at radius 3 is 2.69 bits per heavy atom. The van der Waals surface area contributed by atoms with E-state index in [1.54, 1.807) is 18.2 Å². The Morgan fingerprint density at radius 2 is 2.08 bits per heavy atom. The van der Waals surface area contributed by atoms with Gasteiger partial charge in [-0.15, -0.1) is 5.10 Å². The molecule has 5 heteroatoms. The maximum absolute atomic E-state index is 13.2. The van der Waals surface area contributed by atoms with E-state index in [-0.39, 0.29) is 5.82 Å². The van der Waals surface area contributed by atoms with E-state index in [9.17, 15) is 4.39 Å². The number of para-hydroxylation sites is 1. The van der Waals surface area contributed by atoms with Gasteiger partial charge in [0.15, 0.2) is 5.82 Å². The topological polar surface area (TPSA) is 43.6 Å². The van der Waals surface area contributed by atoms with Crippen molar-refractivity contribution < 1.29 is 4.39 Å². The fourth-order valence-corrected chi connectivity index (χ4v) is 1.02. The molecule has 0 bridgehead atoms. The summed E-state index contributed by atoms with van der Waals surface area (Å²) in [4.78, 5) is 0. The lowest BCUT2D eigenvalue weighted by molar-refractivity contribution is 0.606. The minimum absolute atomic E-state index is 0.303. The number of hydrogen-bond donors (Lipinski definition) is 0. The molecule has 1 aromatic heterocycles. The number of hydrogen-bond acceptors (Lipinski definition) is 3. The van der Waals surface area contributed by atoms with Crippen molar-refractivity contribution >= 4 is 0 Å². The Balaban J connectivity index is 2.59. The molecule has 0 atom stereocenters. The quantitative estimate of drug-likeness (QED) is 0.652. The van der Waals surface area contributed by atoms with E-state index < -0.39 is 0 Å². The first-order chi connectivity index (χ1) is 6.29. The third kappa shape index (κ3) is 1.28. The van der Waals surface area contributed by atoms with Crippen LogP contribution < -0.4 is 0 Å². The average Bonchev–Trinajstić information content (AvgIpc) is 2.52. The average molecular weight is 177 g/mol. The molecule has 0 aliphatic heterocycles. The maximum atomic E-state index is 13.2. The first kappa shape index (κ1) is 7.85. The van der Waals surface area contributed by atoms with E-state index in [1.807, 2.05) is 0 Å². The van der Waals surface area contributed by atoms with Gasteiger partial charge >= 0.3 is 0 Å². The van der Waals surface area contributed by atoms with Crippen LogP contribution in [0.25, 0.3) is 5.69 Å². The molecular formula is C8H6FN4. The summed E-state index contributed by atoms with van der Waals surface area (Å²) in [6.45, 7) is 3.56. The second kappa shape index (κ2) is 2.93. The zero-order chi connectivity index (χ0) is 9.26. The predicted molar refractivity (Wildman–Crippen MR) is 43.6 cm³/mol. The monoisotopic (exact) mass is 177 g/mol. The molecule has 0 aliphatic rings. The van der Waals surface area contributed by atoms with E-state index >= 15 is 0 Å². The molecule has 0 N–H and O–H groups in total. The Kier molecular flexibility index (Phi) is 1.77. The van der Waals surface area contributed by atoms with Crippen LogP contribution in [0, 0.1) is 12.7 Å². The third-order valence-electron chi connectivity index (χ3n) is 1.61. The number of halogens is 1. The van der Waals surface area contributed by atoms with Gasteiger partial charge < -0.3 is 0 Å². The van der Waals surface area contributed by atoms with Crippen molar-refractivity contribution in [3.05, 3.63) is 42.8 Å². The highest BCUT2D eigenvalue weighted by Gasteiger charge is 2.07. The van der Waals surface area contributed by atoms with E-state index in [1.165, 1.54) is 10.7 Å². The standard InChI is InChI=1S/C8H6FN4/c1-6-10-11-12-13(6)8-5-3-2-4-7(8)9/h2-5H,1H2. The van der Waals surface area contributed by atoms with Crippen LogP contribution in [0.4, 0.5) is 4.39 Å². The number of rotatable bonds is 1. The number of nitrogens with zero attached hydrogens (tertiary/aromatic N) is 4. The highest BCUT2D eigenvalue weighted by Crippen LogP contribution is 2.11. The number of benzene rings is 1. The lowest BCUT2D eigenvalue weighted by Gasteiger charge is -2.01. The molecule has 2 aromatic rings. The van der Waals surface area contributed by atoms with Crippen LogP contribution in [0.2, 0.25) is 0 Å². The van der Waals surface area contributed by atoms with Crippen molar-refractivity contribution in [1.29, 1.82) is 0 Å². The molecule has 2 rings (SSSR count). The van der Waals surface area contributed by atoms with Gasteiger partial charge in [-0.3, -0.25) is 0 Å². The van der Waals surface area contributed by atoms with Crippen LogP contribution in [-0.4, -0.2) is 20.2 Å². The van der Waals surface area contributed by atoms with Gasteiger partial charge in [0.1, 0.15) is 11.5 Å². The van der Waals surface area contributed by atoms with Gasteiger partial charge in [-0.2, -0.15) is 4.68 Å². The fraction of sp³-hybridized carbons (Fsp3) is 0. The van der Waals surface area contributed by atoms with Crippen LogP contribution in [0.1, 0.15) is 5.82 Å². The summed E-state index contributed by atoms with van der Waals surface area (Å²) in [5.74, 6) is -0.0650. The lowest BCUT2D eigenvalue weighted by atomic mass is 10.3. The van der Waals surface area contributed by atoms with E-state index in [4.69, 9.17) is 0 Å². The van der Waals surface area contributed by atoms with E-state index in [2.05, 4.69) is 22.4 Å². The molecule has 0 amide bonds. The zero-order valence-corrected chi connectivity index (χ0v) is 6.68. The third-order valence-corrected chi connectivity index (χ3v) is 1.61. The van der Waals surface area contributed by atoms with Crippen molar-refractivity contribution in [2.75, 3.05) is 0 Å². The summed E-state index contributed by atoms with van der Waals surface area (Å²) in [6, 6.07) is 6.24. The van der Waals surface area contributed by atoms with E-state index in [0.29, 0.717) is 11.5 Å². The second-order valence-electron chi connectivity index (χ2n) is 2.46. The van der Waals surface area contributed by atoms with Gasteiger partial charge in [0.25, 0.3) is 0 Å². The Labute approximate surface area is 74.0 Å². The van der Waals surface area contributed by atoms with Crippen LogP contribution in [-0.2, 0) is 0 Å². The second-order valence-corrected chi connectivity index (χ2v) is 2.46. The lowest BCUT2D eigenvalue weighted by Crippen LogP contribution is -2.01. The van der Waals surface area contributed by atoms with Crippen LogP contribution in [0.3, 0.4) is 0 Å². The van der Waals surface area contributed by atoms with E-state index in [0.717, 1.165) is 0 Å². The molecular weight excluding hydrogens is 171 g/mol. The molecule has 0 aliphatic carbocycles. The molecule has 0 spiro atoms. The normalized spacial score (nSPS) is 10.3. The molecule has 65 valence electrons. The highest BCUT2D eigenvalue weighted by molar-refractivity contribution is 5.32. The molecule has 1 radical (unpaired) electrons. The highest BCUT2D eigenvalue weighted by atomic mass is 19.1. The Hall–Kier alpha value is -1.78. The summed E-state index contributed by atoms with van der Waals surface area (Å²) < 4.78 is 14.4. The van der Waals surface area contributed by atoms with Crippen molar-refractivity contribution in [3.63, 3.8) is 0 Å². The number of aromatic nitrogens is 4. The predicted octanol–water partition coefficient (Wildman–Crippen LogP) is 0.984. The minimum atomic E-state index is -0.375. The summed E-state index contributed by atoms with van der Waals surface area (Å²) >= 11 is 0. The zero-order valence-electron chi connectivity index (χ0n) is 6.68. The molecule has 0 unspecified atom stereocenters. The molecule has 0 saturated heterocycles. The van der Waals surface area contributed by atoms with Crippen LogP contribution in [0.15, 0.2) is 24.3 Å². The van der Waals surface area contributed by atoms with Crippen LogP contribution >= 0.6 is 0 Å². The van der Waals surface area contributed by atoms with Crippen molar-refractivity contribution in [2.45, 2.75) is 0 Å². The first-order valence-corrected chi connectivity index (χ1v) is 3.64. The van der Waals surface area contributed by atoms with Gasteiger partial charge in [0, 0.05) is 6.92 Å². The van der Waals surface area contributed by atoms with Gasteiger partial charge in [0.2, 0.25) is 0 Å². The van der Waals surface area contributed by atoms with Gasteiger partial charge in [-0.25, -0.2) is 4.39 Å². The Morgan fingerprint density at radius 1 is 1.31 bits per heavy atom. The van der Waals surface area contributed by atoms with Gasteiger partial charge in [-0.1, -0.05) is 12.1 Å². The van der Waals surface area contributed by atoms with Gasteiger partial charge in [-0.05, 0) is 22.6 Å². The maximum Gasteiger partial charge on any atom is 0.157 e. The molecule has 0 fully saturated rings. The minimum Gasteiger partial charge on any atom is -0.205 e.